The molecule has 1 aromatic carbocycles. The van der Waals surface area contributed by atoms with E-state index in [-0.39, 0.29) is 36.4 Å². The highest BCUT2D eigenvalue weighted by molar-refractivity contribution is 6.60. The smallest absolute Gasteiger partial charge is 0.371 e. The maximum Gasteiger partial charge on any atom is 0.501 e. The molecule has 10 heteroatoms. The van der Waals surface area contributed by atoms with Gasteiger partial charge in [0, 0.05) is 24.4 Å². The van der Waals surface area contributed by atoms with Gasteiger partial charge >= 0.3 is 21.2 Å². The summed E-state index contributed by atoms with van der Waals surface area (Å²) in [4.78, 5) is 0. The largest absolute Gasteiger partial charge is 0.501 e. The Hall–Kier alpha value is -1.10. The van der Waals surface area contributed by atoms with Crippen LogP contribution in [0.15, 0.2) is 18.2 Å². The molecule has 0 aliphatic rings. The topological polar surface area (TPSA) is 27.7 Å². The summed E-state index contributed by atoms with van der Waals surface area (Å²) in [6.45, 7) is 11.5. The first-order valence-electron chi connectivity index (χ1n) is 11.4. The molecule has 0 fully saturated rings. The molecule has 1 rings (SSSR count). The Balaban J connectivity index is 2.73. The van der Waals surface area contributed by atoms with E-state index in [0.717, 1.165) is 25.0 Å². The van der Waals surface area contributed by atoms with Crippen molar-refractivity contribution in [3.63, 3.8) is 0 Å². The van der Waals surface area contributed by atoms with Crippen LogP contribution in [0.5, 0.6) is 0 Å². The molecule has 1 aromatic rings. The third kappa shape index (κ3) is 11.2. The lowest BCUT2D eigenvalue weighted by Crippen LogP contribution is -2.50. The SMILES string of the molecule is CC(C)O[Si](CCCCCCc1cc(C(F)(F)F)cc(C(F)(F)F)c1)(OC(C)C)OC(C)C. The molecule has 0 N–H and O–H groups in total. The summed E-state index contributed by atoms with van der Waals surface area (Å²) in [7, 11) is -2.92. The van der Waals surface area contributed by atoms with Crippen molar-refractivity contribution in [1.82, 2.24) is 0 Å². The lowest BCUT2D eigenvalue weighted by molar-refractivity contribution is -0.143. The molecule has 0 aliphatic carbocycles. The van der Waals surface area contributed by atoms with Crippen LogP contribution < -0.4 is 0 Å². The Labute approximate surface area is 194 Å². The van der Waals surface area contributed by atoms with Gasteiger partial charge in [0.1, 0.15) is 0 Å². The van der Waals surface area contributed by atoms with Gasteiger partial charge in [-0.15, -0.1) is 0 Å². The predicted molar refractivity (Wildman–Crippen MR) is 118 cm³/mol. The quantitative estimate of drug-likeness (QED) is 0.155. The highest BCUT2D eigenvalue weighted by Crippen LogP contribution is 2.36. The average Bonchev–Trinajstić information content (AvgIpc) is 2.61. The lowest BCUT2D eigenvalue weighted by Gasteiger charge is -2.34. The van der Waals surface area contributed by atoms with Crippen LogP contribution in [0.1, 0.15) is 83.9 Å². The molecule has 0 saturated carbocycles. The van der Waals surface area contributed by atoms with Crippen molar-refractivity contribution in [2.24, 2.45) is 0 Å². The minimum absolute atomic E-state index is 0.0373. The van der Waals surface area contributed by atoms with Crippen molar-refractivity contribution in [2.45, 2.75) is 110 Å². The van der Waals surface area contributed by atoms with Crippen molar-refractivity contribution in [3.05, 3.63) is 34.9 Å². The van der Waals surface area contributed by atoms with E-state index in [4.69, 9.17) is 13.3 Å². The average molecular weight is 503 g/mol. The monoisotopic (exact) mass is 502 g/mol. The lowest BCUT2D eigenvalue weighted by atomic mass is 10.00. The molecular weight excluding hydrogens is 466 g/mol. The molecule has 192 valence electrons. The molecule has 0 amide bonds. The van der Waals surface area contributed by atoms with Gasteiger partial charge in [-0.1, -0.05) is 12.8 Å². The van der Waals surface area contributed by atoms with Crippen LogP contribution >= 0.6 is 0 Å². The molecule has 0 aliphatic heterocycles. The van der Waals surface area contributed by atoms with E-state index in [9.17, 15) is 26.3 Å². The van der Waals surface area contributed by atoms with E-state index < -0.39 is 32.3 Å². The molecule has 33 heavy (non-hydrogen) atoms. The fourth-order valence-electron chi connectivity index (χ4n) is 3.53. The van der Waals surface area contributed by atoms with E-state index in [2.05, 4.69) is 0 Å². The van der Waals surface area contributed by atoms with Crippen LogP contribution in [0.4, 0.5) is 26.3 Å². The van der Waals surface area contributed by atoms with Crippen LogP contribution in [0.3, 0.4) is 0 Å². The first-order valence-corrected chi connectivity index (χ1v) is 13.3. The van der Waals surface area contributed by atoms with Gasteiger partial charge in [0.2, 0.25) is 0 Å². The summed E-state index contributed by atoms with van der Waals surface area (Å²) in [5.41, 5.74) is -2.51. The maximum absolute atomic E-state index is 13.0. The van der Waals surface area contributed by atoms with Gasteiger partial charge < -0.3 is 13.3 Å². The Morgan fingerprint density at radius 3 is 1.39 bits per heavy atom. The van der Waals surface area contributed by atoms with Gasteiger partial charge in [-0.05, 0) is 84.6 Å². The van der Waals surface area contributed by atoms with Gasteiger partial charge in [-0.25, -0.2) is 0 Å². The van der Waals surface area contributed by atoms with Crippen LogP contribution in [-0.2, 0) is 32.1 Å². The third-order valence-corrected chi connectivity index (χ3v) is 8.05. The summed E-state index contributed by atoms with van der Waals surface area (Å²) >= 11 is 0. The third-order valence-electron chi connectivity index (χ3n) is 4.59. The molecular formula is C23H36F6O3Si. The second kappa shape index (κ2) is 12.6. The zero-order valence-electron chi connectivity index (χ0n) is 20.2. The molecule has 3 nitrogen and oxygen atoms in total. The highest BCUT2D eigenvalue weighted by atomic mass is 28.4. The highest BCUT2D eigenvalue weighted by Gasteiger charge is 2.43. The first-order chi connectivity index (χ1) is 15.0. The Morgan fingerprint density at radius 1 is 0.636 bits per heavy atom. The summed E-state index contributed by atoms with van der Waals surface area (Å²) < 4.78 is 96.4. The standard InChI is InChI=1S/C23H36F6O3Si/c1-16(2)30-33(31-17(3)4,32-18(5)6)12-10-8-7-9-11-19-13-20(22(24,25)26)15-21(14-19)23(27,28)29/h13-18H,7-12H2,1-6H3. The summed E-state index contributed by atoms with van der Waals surface area (Å²) in [5, 5.41) is 0. The van der Waals surface area contributed by atoms with Gasteiger partial charge in [0.25, 0.3) is 0 Å². The number of hydrogen-bond donors (Lipinski definition) is 0. The van der Waals surface area contributed by atoms with Crippen molar-refractivity contribution < 1.29 is 39.6 Å². The zero-order chi connectivity index (χ0) is 25.4. The van der Waals surface area contributed by atoms with Crippen LogP contribution in [0.25, 0.3) is 0 Å². The predicted octanol–water partition coefficient (Wildman–Crippen LogP) is 8.04. The molecule has 0 bridgehead atoms. The maximum atomic E-state index is 13.0. The number of rotatable bonds is 13. The van der Waals surface area contributed by atoms with Gasteiger partial charge in [0.05, 0.1) is 11.1 Å². The first kappa shape index (κ1) is 29.9. The van der Waals surface area contributed by atoms with Crippen molar-refractivity contribution in [3.8, 4) is 0 Å². The fraction of sp³-hybridized carbons (Fsp3) is 0.739. The van der Waals surface area contributed by atoms with Crippen LogP contribution in [0.2, 0.25) is 6.04 Å². The number of halogens is 6. The number of unbranched alkanes of at least 4 members (excludes halogenated alkanes) is 3. The van der Waals surface area contributed by atoms with Crippen molar-refractivity contribution >= 4 is 8.80 Å². The number of benzene rings is 1. The molecule has 0 aromatic heterocycles. The summed E-state index contributed by atoms with van der Waals surface area (Å²) in [6, 6.07) is 2.36. The molecule has 0 atom stereocenters. The summed E-state index contributed by atoms with van der Waals surface area (Å²) in [5.74, 6) is 0. The van der Waals surface area contributed by atoms with E-state index >= 15 is 0 Å². The molecule has 0 radical (unpaired) electrons. The van der Waals surface area contributed by atoms with Gasteiger partial charge in [-0.2, -0.15) is 26.3 Å². The Kier molecular flexibility index (Phi) is 11.4. The normalized spacial score (nSPS) is 13.5. The minimum Gasteiger partial charge on any atom is -0.371 e. The second-order valence-electron chi connectivity index (χ2n) is 9.01. The van der Waals surface area contributed by atoms with E-state index in [0.29, 0.717) is 18.9 Å². The van der Waals surface area contributed by atoms with E-state index in [1.807, 2.05) is 41.5 Å². The zero-order valence-corrected chi connectivity index (χ0v) is 21.2. The van der Waals surface area contributed by atoms with Crippen molar-refractivity contribution in [2.75, 3.05) is 0 Å². The van der Waals surface area contributed by atoms with Gasteiger partial charge in [0.15, 0.2) is 0 Å². The van der Waals surface area contributed by atoms with Crippen LogP contribution in [0, 0.1) is 0 Å². The fourth-order valence-corrected chi connectivity index (χ4v) is 6.88. The number of aryl methyl sites for hydroxylation is 1. The minimum atomic E-state index is -4.83. The Bertz CT molecular complexity index is 658. The Morgan fingerprint density at radius 2 is 1.03 bits per heavy atom. The van der Waals surface area contributed by atoms with Crippen LogP contribution in [-0.4, -0.2) is 27.1 Å². The molecule has 0 spiro atoms. The molecule has 0 saturated heterocycles. The molecule has 0 heterocycles. The van der Waals surface area contributed by atoms with E-state index in [1.54, 1.807) is 0 Å². The summed E-state index contributed by atoms with van der Waals surface area (Å²) in [6.07, 6.45) is -7.11. The van der Waals surface area contributed by atoms with Gasteiger partial charge in [-0.3, -0.25) is 0 Å². The number of hydrogen-bond acceptors (Lipinski definition) is 3. The van der Waals surface area contributed by atoms with E-state index in [1.165, 1.54) is 0 Å². The van der Waals surface area contributed by atoms with Crippen molar-refractivity contribution in [1.29, 1.82) is 0 Å². The number of alkyl halides is 6. The molecule has 0 unspecified atom stereocenters. The second-order valence-corrected chi connectivity index (χ2v) is 11.6.